The number of anilines is 1. The Morgan fingerprint density at radius 3 is 2.94 bits per heavy atom. The molecular weight excluding hydrogens is 222 g/mol. The predicted molar refractivity (Wildman–Crippen MR) is 63.3 cm³/mol. The fourth-order valence-electron chi connectivity index (χ4n) is 1.09. The van der Waals surface area contributed by atoms with E-state index in [4.69, 9.17) is 10.6 Å². The van der Waals surface area contributed by atoms with Crippen LogP contribution in [0, 0.1) is 0 Å². The molecule has 1 heterocycles. The van der Waals surface area contributed by atoms with Gasteiger partial charge in [-0.15, -0.1) is 0 Å². The van der Waals surface area contributed by atoms with E-state index >= 15 is 0 Å². The first kappa shape index (κ1) is 13.3. The van der Waals surface area contributed by atoms with Crippen molar-refractivity contribution in [3.63, 3.8) is 0 Å². The summed E-state index contributed by atoms with van der Waals surface area (Å²) in [5.74, 6) is 5.21. The van der Waals surface area contributed by atoms with Gasteiger partial charge >= 0.3 is 0 Å². The van der Waals surface area contributed by atoms with Crippen molar-refractivity contribution in [2.45, 2.75) is 20.0 Å². The summed E-state index contributed by atoms with van der Waals surface area (Å²) < 4.78 is 5.29. The number of rotatable bonds is 6. The van der Waals surface area contributed by atoms with Gasteiger partial charge in [0.15, 0.2) is 5.82 Å². The second kappa shape index (κ2) is 6.77. The molecule has 7 heteroatoms. The maximum atomic E-state index is 11.6. The van der Waals surface area contributed by atoms with Gasteiger partial charge in [0.25, 0.3) is 5.91 Å². The van der Waals surface area contributed by atoms with Crippen LogP contribution in [0.25, 0.3) is 0 Å². The zero-order valence-corrected chi connectivity index (χ0v) is 9.93. The van der Waals surface area contributed by atoms with Crippen LogP contribution in [0.1, 0.15) is 24.3 Å². The lowest BCUT2D eigenvalue weighted by molar-refractivity contribution is 0.0745. The Morgan fingerprint density at radius 1 is 1.53 bits per heavy atom. The minimum atomic E-state index is -0.304. The topological polar surface area (TPSA) is 102 Å². The zero-order chi connectivity index (χ0) is 12.7. The van der Waals surface area contributed by atoms with Crippen molar-refractivity contribution in [1.82, 2.24) is 15.3 Å². The molecule has 1 aromatic heterocycles. The van der Waals surface area contributed by atoms with Crippen LogP contribution in [0.5, 0.6) is 0 Å². The maximum absolute atomic E-state index is 11.6. The molecule has 7 nitrogen and oxygen atoms in total. The van der Waals surface area contributed by atoms with Gasteiger partial charge in [0.2, 0.25) is 0 Å². The van der Waals surface area contributed by atoms with E-state index in [1.165, 1.54) is 12.4 Å². The highest BCUT2D eigenvalue weighted by atomic mass is 16.5. The third-order valence-corrected chi connectivity index (χ3v) is 1.85. The first-order valence-corrected chi connectivity index (χ1v) is 5.32. The Hall–Kier alpha value is -1.73. The number of nitrogens with one attached hydrogen (secondary N) is 2. The van der Waals surface area contributed by atoms with E-state index in [0.717, 1.165) is 0 Å². The molecule has 0 aromatic carbocycles. The van der Waals surface area contributed by atoms with Gasteiger partial charge in [-0.2, -0.15) is 0 Å². The summed E-state index contributed by atoms with van der Waals surface area (Å²) in [4.78, 5) is 19.4. The van der Waals surface area contributed by atoms with E-state index in [1.54, 1.807) is 0 Å². The Balaban J connectivity index is 2.41. The highest BCUT2D eigenvalue weighted by molar-refractivity contribution is 5.92. The van der Waals surface area contributed by atoms with E-state index in [9.17, 15) is 4.79 Å². The molecule has 4 N–H and O–H groups in total. The van der Waals surface area contributed by atoms with Crippen LogP contribution in [0.2, 0.25) is 0 Å². The number of hydrogen-bond acceptors (Lipinski definition) is 6. The molecule has 17 heavy (non-hydrogen) atoms. The van der Waals surface area contributed by atoms with Crippen LogP contribution in [0.4, 0.5) is 5.82 Å². The molecule has 0 bridgehead atoms. The van der Waals surface area contributed by atoms with Crippen molar-refractivity contribution in [3.8, 4) is 0 Å². The van der Waals surface area contributed by atoms with Gasteiger partial charge in [0.05, 0.1) is 25.1 Å². The fraction of sp³-hybridized carbons (Fsp3) is 0.500. The van der Waals surface area contributed by atoms with Gasteiger partial charge in [-0.05, 0) is 13.8 Å². The fourth-order valence-corrected chi connectivity index (χ4v) is 1.09. The molecule has 0 spiro atoms. The van der Waals surface area contributed by atoms with E-state index in [0.29, 0.717) is 19.0 Å². The highest BCUT2D eigenvalue weighted by Gasteiger charge is 2.07. The molecule has 94 valence electrons. The van der Waals surface area contributed by atoms with E-state index in [1.807, 2.05) is 13.8 Å². The molecule has 1 aromatic rings. The monoisotopic (exact) mass is 239 g/mol. The molecule has 1 amide bonds. The lowest BCUT2D eigenvalue weighted by Gasteiger charge is -2.08. The number of carbonyl (C=O) groups excluding carboxylic acids is 1. The summed E-state index contributed by atoms with van der Waals surface area (Å²) >= 11 is 0. The van der Waals surface area contributed by atoms with Gasteiger partial charge in [0.1, 0.15) is 5.69 Å². The van der Waals surface area contributed by atoms with Gasteiger partial charge in [-0.1, -0.05) is 0 Å². The number of nitrogens with two attached hydrogens (primary N) is 1. The molecule has 0 unspecified atom stereocenters. The molecular formula is C10H17N5O2. The van der Waals surface area contributed by atoms with Crippen molar-refractivity contribution in [3.05, 3.63) is 18.1 Å². The van der Waals surface area contributed by atoms with Crippen LogP contribution >= 0.6 is 0 Å². The van der Waals surface area contributed by atoms with Crippen molar-refractivity contribution in [1.29, 1.82) is 0 Å². The largest absolute Gasteiger partial charge is 0.377 e. The first-order chi connectivity index (χ1) is 8.13. The molecule has 0 aliphatic heterocycles. The van der Waals surface area contributed by atoms with Gasteiger partial charge in [-0.3, -0.25) is 9.78 Å². The smallest absolute Gasteiger partial charge is 0.271 e. The molecule has 0 saturated carbocycles. The highest BCUT2D eigenvalue weighted by Crippen LogP contribution is 1.99. The number of carbonyl (C=O) groups is 1. The SMILES string of the molecule is CC(C)OCCNC(=O)c1cncc(NN)n1. The van der Waals surface area contributed by atoms with Crippen molar-refractivity contribution < 1.29 is 9.53 Å². The number of hydrazine groups is 1. The molecule has 0 aliphatic rings. The summed E-state index contributed by atoms with van der Waals surface area (Å²) in [7, 11) is 0. The normalized spacial score (nSPS) is 10.4. The van der Waals surface area contributed by atoms with Crippen LogP contribution < -0.4 is 16.6 Å². The third kappa shape index (κ3) is 4.75. The van der Waals surface area contributed by atoms with Crippen molar-refractivity contribution in [2.24, 2.45) is 5.84 Å². The number of nitrogen functional groups attached to an aromatic ring is 1. The van der Waals surface area contributed by atoms with Crippen LogP contribution in [-0.4, -0.2) is 35.1 Å². The summed E-state index contributed by atoms with van der Waals surface area (Å²) in [6.45, 7) is 4.76. The van der Waals surface area contributed by atoms with E-state index < -0.39 is 0 Å². The lowest BCUT2D eigenvalue weighted by Crippen LogP contribution is -2.29. The number of nitrogens with zero attached hydrogens (tertiary/aromatic N) is 2. The van der Waals surface area contributed by atoms with Crippen LogP contribution in [0.3, 0.4) is 0 Å². The van der Waals surface area contributed by atoms with Crippen LogP contribution in [0.15, 0.2) is 12.4 Å². The molecule has 0 radical (unpaired) electrons. The van der Waals surface area contributed by atoms with Gasteiger partial charge < -0.3 is 15.5 Å². The minimum absolute atomic E-state index is 0.150. The Bertz CT molecular complexity index is 369. The number of ether oxygens (including phenoxy) is 1. The average molecular weight is 239 g/mol. The Morgan fingerprint density at radius 2 is 2.29 bits per heavy atom. The van der Waals surface area contributed by atoms with E-state index in [2.05, 4.69) is 20.7 Å². The third-order valence-electron chi connectivity index (χ3n) is 1.85. The Labute approximate surface area is 99.7 Å². The quantitative estimate of drug-likeness (QED) is 0.364. The number of hydrogen-bond donors (Lipinski definition) is 3. The minimum Gasteiger partial charge on any atom is -0.377 e. The van der Waals surface area contributed by atoms with Gasteiger partial charge in [-0.25, -0.2) is 10.8 Å². The molecule has 0 atom stereocenters. The zero-order valence-electron chi connectivity index (χ0n) is 9.93. The van der Waals surface area contributed by atoms with E-state index in [-0.39, 0.29) is 17.7 Å². The lowest BCUT2D eigenvalue weighted by atomic mass is 10.4. The number of aromatic nitrogens is 2. The second-order valence-corrected chi connectivity index (χ2v) is 3.61. The molecule has 0 fully saturated rings. The molecule has 0 aliphatic carbocycles. The summed E-state index contributed by atoms with van der Waals surface area (Å²) in [6.07, 6.45) is 2.95. The number of amides is 1. The standard InChI is InChI=1S/C10H17N5O2/c1-7(2)17-4-3-13-10(16)8-5-12-6-9(14-8)15-11/h5-7H,3-4,11H2,1-2H3,(H,13,16)(H,14,15). The van der Waals surface area contributed by atoms with Crippen molar-refractivity contribution >= 4 is 11.7 Å². The first-order valence-electron chi connectivity index (χ1n) is 5.32. The average Bonchev–Trinajstić information content (AvgIpc) is 2.34. The maximum Gasteiger partial charge on any atom is 0.271 e. The molecule has 1 rings (SSSR count). The predicted octanol–water partition coefficient (Wildman–Crippen LogP) is -0.0830. The molecule has 0 saturated heterocycles. The summed E-state index contributed by atoms with van der Waals surface area (Å²) in [6, 6.07) is 0. The second-order valence-electron chi connectivity index (χ2n) is 3.61. The van der Waals surface area contributed by atoms with Gasteiger partial charge in [0, 0.05) is 6.54 Å². The summed E-state index contributed by atoms with van der Waals surface area (Å²) in [5.41, 5.74) is 2.54. The van der Waals surface area contributed by atoms with Crippen LogP contribution in [-0.2, 0) is 4.74 Å². The van der Waals surface area contributed by atoms with Crippen molar-refractivity contribution in [2.75, 3.05) is 18.6 Å². The Kier molecular flexibility index (Phi) is 5.31. The summed E-state index contributed by atoms with van der Waals surface area (Å²) in [5, 5.41) is 2.67.